The van der Waals surface area contributed by atoms with E-state index in [2.05, 4.69) is 44.6 Å². The molecule has 3 heteroatoms. The van der Waals surface area contributed by atoms with Gasteiger partial charge >= 0.3 is 0 Å². The van der Waals surface area contributed by atoms with Crippen molar-refractivity contribution in [2.24, 2.45) is 10.8 Å². The third-order valence-electron chi connectivity index (χ3n) is 3.60. The summed E-state index contributed by atoms with van der Waals surface area (Å²) in [6.45, 7) is 9.53. The SMILES string of the molecule is CC(C)(C)C1SSCC1(C)C1=CC(=S)CC1. The van der Waals surface area contributed by atoms with Crippen LogP contribution in [-0.4, -0.2) is 15.9 Å². The molecule has 0 spiro atoms. The topological polar surface area (TPSA) is 0 Å². The Morgan fingerprint density at radius 2 is 2.06 bits per heavy atom. The molecule has 1 saturated heterocycles. The van der Waals surface area contributed by atoms with Crippen LogP contribution in [0.4, 0.5) is 0 Å². The molecular formula is C13H20S3. The van der Waals surface area contributed by atoms with Crippen molar-refractivity contribution in [3.8, 4) is 0 Å². The van der Waals surface area contributed by atoms with Gasteiger partial charge in [0.2, 0.25) is 0 Å². The van der Waals surface area contributed by atoms with Gasteiger partial charge in [-0.05, 0) is 24.3 Å². The van der Waals surface area contributed by atoms with Gasteiger partial charge in [-0.3, -0.25) is 0 Å². The number of rotatable bonds is 1. The zero-order chi connectivity index (χ0) is 12.0. The Morgan fingerprint density at radius 1 is 1.38 bits per heavy atom. The maximum Gasteiger partial charge on any atom is 0.0299 e. The standard InChI is InChI=1S/C13H20S3/c1-12(2,3)11-13(4,8-15-16-11)9-5-6-10(14)7-9/h7,11H,5-6,8H2,1-4H3. The van der Waals surface area contributed by atoms with Gasteiger partial charge in [0.15, 0.2) is 0 Å². The van der Waals surface area contributed by atoms with Gasteiger partial charge < -0.3 is 0 Å². The molecule has 0 N–H and O–H groups in total. The number of thiocarbonyl (C=S) groups is 1. The summed E-state index contributed by atoms with van der Waals surface area (Å²) in [6.07, 6.45) is 4.59. The van der Waals surface area contributed by atoms with Crippen LogP contribution in [-0.2, 0) is 0 Å². The van der Waals surface area contributed by atoms with Gasteiger partial charge in [-0.2, -0.15) is 0 Å². The highest BCUT2D eigenvalue weighted by Gasteiger charge is 2.48. The maximum atomic E-state index is 5.32. The minimum Gasteiger partial charge on any atom is -0.0929 e. The number of hydrogen-bond donors (Lipinski definition) is 0. The Kier molecular flexibility index (Phi) is 3.51. The van der Waals surface area contributed by atoms with E-state index < -0.39 is 0 Å². The van der Waals surface area contributed by atoms with Gasteiger partial charge in [0, 0.05) is 21.3 Å². The van der Waals surface area contributed by atoms with Crippen LogP contribution in [0.3, 0.4) is 0 Å². The number of allylic oxidation sites excluding steroid dienone is 2. The molecule has 0 amide bonds. The van der Waals surface area contributed by atoms with E-state index in [1.807, 2.05) is 10.8 Å². The monoisotopic (exact) mass is 272 g/mol. The first-order valence-corrected chi connectivity index (χ1v) is 8.65. The fourth-order valence-electron chi connectivity index (χ4n) is 2.81. The molecule has 2 unspecified atom stereocenters. The van der Waals surface area contributed by atoms with Gasteiger partial charge in [0.1, 0.15) is 0 Å². The van der Waals surface area contributed by atoms with E-state index in [-0.39, 0.29) is 0 Å². The van der Waals surface area contributed by atoms with Crippen LogP contribution in [0, 0.1) is 10.8 Å². The van der Waals surface area contributed by atoms with Crippen LogP contribution in [0.1, 0.15) is 40.5 Å². The van der Waals surface area contributed by atoms with Crippen LogP contribution in [0.2, 0.25) is 0 Å². The van der Waals surface area contributed by atoms with E-state index in [9.17, 15) is 0 Å². The zero-order valence-corrected chi connectivity index (χ0v) is 13.0. The van der Waals surface area contributed by atoms with Crippen molar-refractivity contribution in [1.29, 1.82) is 0 Å². The Hall–Kier alpha value is 0.530. The fraction of sp³-hybridized carbons (Fsp3) is 0.769. The van der Waals surface area contributed by atoms with Crippen LogP contribution >= 0.6 is 33.8 Å². The maximum absolute atomic E-state index is 5.32. The highest BCUT2D eigenvalue weighted by atomic mass is 33.1. The van der Waals surface area contributed by atoms with E-state index in [1.165, 1.54) is 12.2 Å². The molecule has 1 aliphatic carbocycles. The summed E-state index contributed by atoms with van der Waals surface area (Å²) >= 11 is 5.32. The summed E-state index contributed by atoms with van der Waals surface area (Å²) in [4.78, 5) is 1.16. The lowest BCUT2D eigenvalue weighted by Gasteiger charge is -2.39. The van der Waals surface area contributed by atoms with Crippen LogP contribution in [0.5, 0.6) is 0 Å². The molecule has 0 aromatic heterocycles. The van der Waals surface area contributed by atoms with Crippen LogP contribution in [0.15, 0.2) is 11.6 Å². The van der Waals surface area contributed by atoms with Crippen molar-refractivity contribution < 1.29 is 0 Å². The first-order chi connectivity index (χ1) is 7.34. The highest BCUT2D eigenvalue weighted by Crippen LogP contribution is 2.59. The lowest BCUT2D eigenvalue weighted by atomic mass is 9.71. The average Bonchev–Trinajstić information content (AvgIpc) is 2.71. The molecule has 0 aromatic rings. The second-order valence-electron chi connectivity index (χ2n) is 6.16. The lowest BCUT2D eigenvalue weighted by Crippen LogP contribution is -2.38. The predicted octanol–water partition coefficient (Wildman–Crippen LogP) is 4.89. The molecule has 0 aromatic carbocycles. The van der Waals surface area contributed by atoms with Crippen molar-refractivity contribution in [1.82, 2.24) is 0 Å². The fourth-order valence-corrected chi connectivity index (χ4v) is 7.55. The van der Waals surface area contributed by atoms with Gasteiger partial charge in [-0.15, -0.1) is 0 Å². The van der Waals surface area contributed by atoms with Gasteiger partial charge in [-0.25, -0.2) is 0 Å². The first kappa shape index (κ1) is 13.0. The molecule has 0 saturated carbocycles. The minimum absolute atomic E-state index is 0.355. The molecule has 1 heterocycles. The summed E-state index contributed by atoms with van der Waals surface area (Å²) in [7, 11) is 4.11. The van der Waals surface area contributed by atoms with Crippen molar-refractivity contribution in [2.75, 3.05) is 5.75 Å². The summed E-state index contributed by atoms with van der Waals surface area (Å²) < 4.78 is 0. The first-order valence-electron chi connectivity index (χ1n) is 5.86. The summed E-state index contributed by atoms with van der Waals surface area (Å²) in [6, 6.07) is 0. The molecule has 0 nitrogen and oxygen atoms in total. The van der Waals surface area contributed by atoms with E-state index in [1.54, 1.807) is 5.57 Å². The third-order valence-corrected chi connectivity index (χ3v) is 7.53. The second-order valence-corrected chi connectivity index (χ2v) is 9.15. The average molecular weight is 273 g/mol. The Bertz CT molecular complexity index is 338. The minimum atomic E-state index is 0.355. The second kappa shape index (κ2) is 4.33. The third kappa shape index (κ3) is 2.23. The van der Waals surface area contributed by atoms with Crippen LogP contribution in [0.25, 0.3) is 0 Å². The molecule has 2 rings (SSSR count). The zero-order valence-electron chi connectivity index (χ0n) is 10.5. The van der Waals surface area contributed by atoms with Crippen molar-refractivity contribution in [2.45, 2.75) is 45.8 Å². The van der Waals surface area contributed by atoms with Crippen LogP contribution < -0.4 is 0 Å². The largest absolute Gasteiger partial charge is 0.0929 e. The molecule has 16 heavy (non-hydrogen) atoms. The Balaban J connectivity index is 2.30. The Labute approximate surface area is 112 Å². The number of hydrogen-bond acceptors (Lipinski definition) is 3. The molecule has 2 atom stereocenters. The Morgan fingerprint density at radius 3 is 2.56 bits per heavy atom. The summed E-state index contributed by atoms with van der Waals surface area (Å²) in [5, 5.41) is 0.706. The molecular weight excluding hydrogens is 252 g/mol. The predicted molar refractivity (Wildman–Crippen MR) is 81.3 cm³/mol. The molecule has 2 aliphatic rings. The van der Waals surface area contributed by atoms with Gasteiger partial charge in [-0.1, -0.05) is 67.1 Å². The van der Waals surface area contributed by atoms with Crippen molar-refractivity contribution >= 4 is 38.7 Å². The molecule has 1 fully saturated rings. The van der Waals surface area contributed by atoms with E-state index >= 15 is 0 Å². The van der Waals surface area contributed by atoms with Gasteiger partial charge in [0.05, 0.1) is 0 Å². The van der Waals surface area contributed by atoms with Gasteiger partial charge in [0.25, 0.3) is 0 Å². The molecule has 1 aliphatic heterocycles. The van der Waals surface area contributed by atoms with Crippen molar-refractivity contribution in [3.05, 3.63) is 11.6 Å². The highest BCUT2D eigenvalue weighted by molar-refractivity contribution is 8.77. The van der Waals surface area contributed by atoms with E-state index in [4.69, 9.17) is 12.2 Å². The summed E-state index contributed by atoms with van der Waals surface area (Å²) in [5.74, 6) is 1.24. The normalized spacial score (nSPS) is 35.6. The summed E-state index contributed by atoms with van der Waals surface area (Å²) in [5.41, 5.74) is 2.33. The van der Waals surface area contributed by atoms with E-state index in [0.717, 1.165) is 11.3 Å². The van der Waals surface area contributed by atoms with Crippen molar-refractivity contribution in [3.63, 3.8) is 0 Å². The quantitative estimate of drug-likeness (QED) is 0.492. The smallest absolute Gasteiger partial charge is 0.0299 e. The molecule has 90 valence electrons. The lowest BCUT2D eigenvalue weighted by molar-refractivity contribution is 0.272. The molecule has 0 bridgehead atoms. The van der Waals surface area contributed by atoms with E-state index in [0.29, 0.717) is 16.1 Å². The molecule has 0 radical (unpaired) electrons.